The Kier molecular flexibility index (Phi) is 4.40. The normalized spacial score (nSPS) is 12.2. The first kappa shape index (κ1) is 13.8. The molecule has 0 radical (unpaired) electrons. The number of rotatable bonds is 4. The molecule has 2 aromatic carbocycles. The minimum absolute atomic E-state index is 0.204. The van der Waals surface area contributed by atoms with Crippen LogP contribution in [0.3, 0.4) is 0 Å². The second-order valence-corrected chi connectivity index (χ2v) is 4.72. The topological polar surface area (TPSA) is 35.2 Å². The molecule has 2 rings (SSSR count). The van der Waals surface area contributed by atoms with Gasteiger partial charge in [0.15, 0.2) is 11.6 Å². The van der Waals surface area contributed by atoms with Crippen molar-refractivity contribution in [2.75, 3.05) is 6.54 Å². The van der Waals surface area contributed by atoms with Crippen LogP contribution in [0.4, 0.5) is 4.39 Å². The van der Waals surface area contributed by atoms with E-state index in [-0.39, 0.29) is 18.1 Å². The van der Waals surface area contributed by atoms with Gasteiger partial charge in [0.25, 0.3) is 0 Å². The Labute approximate surface area is 117 Å². The van der Waals surface area contributed by atoms with Crippen LogP contribution in [0, 0.1) is 12.7 Å². The van der Waals surface area contributed by atoms with Gasteiger partial charge in [0.1, 0.15) is 6.10 Å². The Hall–Kier alpha value is -1.58. The number of ether oxygens (including phenoxy) is 1. The van der Waals surface area contributed by atoms with Gasteiger partial charge in [0.05, 0.1) is 0 Å². The lowest BCUT2D eigenvalue weighted by Gasteiger charge is -2.19. The average molecular weight is 280 g/mol. The number of benzene rings is 2. The van der Waals surface area contributed by atoms with Gasteiger partial charge in [-0.25, -0.2) is 4.39 Å². The Morgan fingerprint density at radius 3 is 2.68 bits per heavy atom. The van der Waals surface area contributed by atoms with Crippen molar-refractivity contribution in [2.45, 2.75) is 13.0 Å². The predicted octanol–water partition coefficient (Wildman–Crippen LogP) is 3.87. The molecule has 0 aliphatic carbocycles. The molecule has 4 heteroatoms. The van der Waals surface area contributed by atoms with E-state index in [1.807, 2.05) is 12.1 Å². The van der Waals surface area contributed by atoms with Crippen molar-refractivity contribution in [1.29, 1.82) is 0 Å². The first-order valence-electron chi connectivity index (χ1n) is 5.99. The minimum atomic E-state index is -0.421. The summed E-state index contributed by atoms with van der Waals surface area (Å²) >= 11 is 5.93. The number of hydrogen-bond acceptors (Lipinski definition) is 2. The third-order valence-electron chi connectivity index (χ3n) is 2.86. The lowest BCUT2D eigenvalue weighted by molar-refractivity contribution is 0.204. The van der Waals surface area contributed by atoms with E-state index in [2.05, 4.69) is 0 Å². The zero-order chi connectivity index (χ0) is 13.8. The molecule has 0 bridgehead atoms. The van der Waals surface area contributed by atoms with Crippen LogP contribution in [-0.4, -0.2) is 6.54 Å². The summed E-state index contributed by atoms with van der Waals surface area (Å²) in [5, 5.41) is 0.601. The van der Waals surface area contributed by atoms with E-state index in [4.69, 9.17) is 22.1 Å². The molecule has 2 N–H and O–H groups in total. The smallest absolute Gasteiger partial charge is 0.167 e. The molecule has 0 aliphatic heterocycles. The van der Waals surface area contributed by atoms with Crippen molar-refractivity contribution in [1.82, 2.24) is 0 Å². The predicted molar refractivity (Wildman–Crippen MR) is 75.0 cm³/mol. The molecule has 0 aromatic heterocycles. The summed E-state index contributed by atoms with van der Waals surface area (Å²) in [7, 11) is 0. The van der Waals surface area contributed by atoms with Gasteiger partial charge in [-0.15, -0.1) is 0 Å². The zero-order valence-corrected chi connectivity index (χ0v) is 11.3. The molecule has 1 unspecified atom stereocenters. The van der Waals surface area contributed by atoms with E-state index in [0.717, 1.165) is 5.56 Å². The highest BCUT2D eigenvalue weighted by molar-refractivity contribution is 6.30. The van der Waals surface area contributed by atoms with Crippen LogP contribution in [0.25, 0.3) is 0 Å². The van der Waals surface area contributed by atoms with Gasteiger partial charge >= 0.3 is 0 Å². The number of aryl methyl sites for hydroxylation is 1. The molecule has 0 aliphatic rings. The Morgan fingerprint density at radius 2 is 2.00 bits per heavy atom. The van der Waals surface area contributed by atoms with Crippen LogP contribution in [0.2, 0.25) is 5.02 Å². The first-order chi connectivity index (χ1) is 9.11. The van der Waals surface area contributed by atoms with Crippen molar-refractivity contribution >= 4 is 11.6 Å². The molecule has 0 amide bonds. The third-order valence-corrected chi connectivity index (χ3v) is 3.10. The van der Waals surface area contributed by atoms with Gasteiger partial charge in [-0.3, -0.25) is 0 Å². The standard InChI is InChI=1S/C15H15ClFNO/c1-10-4-2-7-13(15(10)17)19-14(9-18)11-5-3-6-12(16)8-11/h2-8,14H,9,18H2,1H3. The van der Waals surface area contributed by atoms with Crippen molar-refractivity contribution in [3.63, 3.8) is 0 Å². The van der Waals surface area contributed by atoms with Gasteiger partial charge in [0, 0.05) is 11.6 Å². The fraction of sp³-hybridized carbons (Fsp3) is 0.200. The van der Waals surface area contributed by atoms with E-state index in [1.165, 1.54) is 0 Å². The summed E-state index contributed by atoms with van der Waals surface area (Å²) in [4.78, 5) is 0. The van der Waals surface area contributed by atoms with E-state index in [1.54, 1.807) is 37.3 Å². The Morgan fingerprint density at radius 1 is 1.26 bits per heavy atom. The second kappa shape index (κ2) is 6.04. The summed E-state index contributed by atoms with van der Waals surface area (Å²) in [6.45, 7) is 1.94. The quantitative estimate of drug-likeness (QED) is 0.922. The molecule has 0 spiro atoms. The monoisotopic (exact) mass is 279 g/mol. The van der Waals surface area contributed by atoms with Crippen molar-refractivity contribution in [3.8, 4) is 5.75 Å². The van der Waals surface area contributed by atoms with Crippen molar-refractivity contribution in [2.24, 2.45) is 5.73 Å². The number of hydrogen-bond donors (Lipinski definition) is 1. The highest BCUT2D eigenvalue weighted by Gasteiger charge is 2.15. The molecule has 19 heavy (non-hydrogen) atoms. The van der Waals surface area contributed by atoms with Crippen LogP contribution in [0.15, 0.2) is 42.5 Å². The third kappa shape index (κ3) is 3.25. The fourth-order valence-corrected chi connectivity index (χ4v) is 2.02. The maximum atomic E-state index is 13.9. The maximum Gasteiger partial charge on any atom is 0.167 e. The molecule has 2 nitrogen and oxygen atoms in total. The van der Waals surface area contributed by atoms with E-state index < -0.39 is 6.10 Å². The van der Waals surface area contributed by atoms with Crippen LogP contribution < -0.4 is 10.5 Å². The van der Waals surface area contributed by atoms with Crippen LogP contribution in [-0.2, 0) is 0 Å². The molecule has 0 heterocycles. The van der Waals surface area contributed by atoms with Gasteiger partial charge < -0.3 is 10.5 Å². The number of nitrogens with two attached hydrogens (primary N) is 1. The summed E-state index contributed by atoms with van der Waals surface area (Å²) < 4.78 is 19.6. The Bertz CT molecular complexity index is 574. The molecule has 0 saturated carbocycles. The fourth-order valence-electron chi connectivity index (χ4n) is 1.82. The Balaban J connectivity index is 2.26. The SMILES string of the molecule is Cc1cccc(OC(CN)c2cccc(Cl)c2)c1F. The number of halogens is 2. The summed E-state index contributed by atoms with van der Waals surface area (Å²) in [5.74, 6) is -0.154. The van der Waals surface area contributed by atoms with Gasteiger partial charge in [-0.2, -0.15) is 0 Å². The zero-order valence-electron chi connectivity index (χ0n) is 10.6. The molecular weight excluding hydrogens is 265 g/mol. The van der Waals surface area contributed by atoms with Crippen LogP contribution >= 0.6 is 11.6 Å². The molecule has 1 atom stereocenters. The average Bonchev–Trinajstić information content (AvgIpc) is 2.40. The molecule has 0 saturated heterocycles. The van der Waals surface area contributed by atoms with E-state index in [9.17, 15) is 4.39 Å². The largest absolute Gasteiger partial charge is 0.481 e. The molecule has 0 fully saturated rings. The van der Waals surface area contributed by atoms with E-state index >= 15 is 0 Å². The van der Waals surface area contributed by atoms with Crippen molar-refractivity contribution < 1.29 is 9.13 Å². The van der Waals surface area contributed by atoms with Gasteiger partial charge in [-0.1, -0.05) is 35.9 Å². The second-order valence-electron chi connectivity index (χ2n) is 4.28. The summed E-state index contributed by atoms with van der Waals surface area (Å²) in [6, 6.07) is 12.2. The highest BCUT2D eigenvalue weighted by atomic mass is 35.5. The van der Waals surface area contributed by atoms with Crippen molar-refractivity contribution in [3.05, 3.63) is 64.4 Å². The molecular formula is C15H15ClFNO. The summed E-state index contributed by atoms with van der Waals surface area (Å²) in [6.07, 6.45) is -0.421. The van der Waals surface area contributed by atoms with E-state index in [0.29, 0.717) is 10.6 Å². The van der Waals surface area contributed by atoms with Gasteiger partial charge in [0.2, 0.25) is 0 Å². The molecule has 2 aromatic rings. The minimum Gasteiger partial charge on any atom is -0.481 e. The highest BCUT2D eigenvalue weighted by Crippen LogP contribution is 2.26. The molecule has 100 valence electrons. The first-order valence-corrected chi connectivity index (χ1v) is 6.37. The lowest BCUT2D eigenvalue weighted by atomic mass is 10.1. The maximum absolute atomic E-state index is 13.9. The van der Waals surface area contributed by atoms with Crippen LogP contribution in [0.1, 0.15) is 17.2 Å². The summed E-state index contributed by atoms with van der Waals surface area (Å²) in [5.41, 5.74) is 7.07. The lowest BCUT2D eigenvalue weighted by Crippen LogP contribution is -2.19. The van der Waals surface area contributed by atoms with Crippen LogP contribution in [0.5, 0.6) is 5.75 Å². The van der Waals surface area contributed by atoms with Gasteiger partial charge in [-0.05, 0) is 36.2 Å².